The first-order valence-corrected chi connectivity index (χ1v) is 12.7. The van der Waals surface area contributed by atoms with E-state index in [1.54, 1.807) is 28.1 Å². The highest BCUT2D eigenvalue weighted by molar-refractivity contribution is 7.14. The highest BCUT2D eigenvalue weighted by Gasteiger charge is 2.30. The predicted octanol–water partition coefficient (Wildman–Crippen LogP) is 5.31. The predicted molar refractivity (Wildman–Crippen MR) is 138 cm³/mol. The van der Waals surface area contributed by atoms with E-state index in [2.05, 4.69) is 10.3 Å². The van der Waals surface area contributed by atoms with Gasteiger partial charge in [0.1, 0.15) is 0 Å². The molecule has 0 spiro atoms. The van der Waals surface area contributed by atoms with Gasteiger partial charge in [-0.25, -0.2) is 9.78 Å². The van der Waals surface area contributed by atoms with Crippen LogP contribution >= 0.6 is 11.3 Å². The van der Waals surface area contributed by atoms with Crippen LogP contribution in [0.15, 0.2) is 57.4 Å². The molecule has 0 aliphatic heterocycles. The van der Waals surface area contributed by atoms with Gasteiger partial charge in [-0.1, -0.05) is 38.1 Å². The monoisotopic (exact) mass is 530 g/mol. The zero-order valence-corrected chi connectivity index (χ0v) is 21.1. The van der Waals surface area contributed by atoms with Gasteiger partial charge in [0, 0.05) is 24.0 Å². The fourth-order valence-electron chi connectivity index (χ4n) is 4.19. The van der Waals surface area contributed by atoms with Gasteiger partial charge in [-0.2, -0.15) is 13.2 Å². The normalized spacial score (nSPS) is 11.7. The zero-order valence-electron chi connectivity index (χ0n) is 20.3. The summed E-state index contributed by atoms with van der Waals surface area (Å²) in [5, 5.41) is 4.78. The van der Waals surface area contributed by atoms with Crippen LogP contribution in [0.25, 0.3) is 22.2 Å². The van der Waals surface area contributed by atoms with Crippen molar-refractivity contribution in [3.8, 4) is 11.3 Å². The lowest BCUT2D eigenvalue weighted by Gasteiger charge is -2.15. The van der Waals surface area contributed by atoms with Crippen LogP contribution in [-0.2, 0) is 30.5 Å². The number of carbonyl (C=O) groups excluding carboxylic acids is 1. The van der Waals surface area contributed by atoms with Crippen LogP contribution in [0.5, 0.6) is 0 Å². The Kier molecular flexibility index (Phi) is 7.63. The van der Waals surface area contributed by atoms with Gasteiger partial charge in [-0.15, -0.1) is 11.3 Å². The first-order valence-electron chi connectivity index (χ1n) is 11.8. The topological polar surface area (TPSA) is 86.0 Å². The van der Waals surface area contributed by atoms with Crippen LogP contribution in [0.1, 0.15) is 37.8 Å². The Morgan fingerprint density at radius 1 is 1.03 bits per heavy atom. The maximum Gasteiger partial charge on any atom is 0.416 e. The number of aryl methyl sites for hydroxylation is 1. The third-order valence-corrected chi connectivity index (χ3v) is 6.58. The maximum atomic E-state index is 13.2. The van der Waals surface area contributed by atoms with E-state index in [4.69, 9.17) is 0 Å². The Morgan fingerprint density at radius 3 is 2.43 bits per heavy atom. The highest BCUT2D eigenvalue weighted by Crippen LogP contribution is 2.33. The molecule has 2 aromatic carbocycles. The van der Waals surface area contributed by atoms with Crippen molar-refractivity contribution in [3.63, 3.8) is 0 Å². The molecule has 1 amide bonds. The van der Waals surface area contributed by atoms with E-state index < -0.39 is 23.2 Å². The van der Waals surface area contributed by atoms with Crippen molar-refractivity contribution in [3.05, 3.63) is 79.8 Å². The molecule has 194 valence electrons. The summed E-state index contributed by atoms with van der Waals surface area (Å²) < 4.78 is 41.9. The highest BCUT2D eigenvalue weighted by atomic mass is 32.1. The summed E-state index contributed by atoms with van der Waals surface area (Å²) in [7, 11) is 0. The van der Waals surface area contributed by atoms with Crippen molar-refractivity contribution in [2.24, 2.45) is 0 Å². The van der Waals surface area contributed by atoms with Crippen molar-refractivity contribution < 1.29 is 18.0 Å². The van der Waals surface area contributed by atoms with E-state index in [1.807, 2.05) is 13.8 Å². The number of carbonyl (C=O) groups is 1. The second-order valence-electron chi connectivity index (χ2n) is 8.54. The minimum absolute atomic E-state index is 0.137. The number of anilines is 1. The molecule has 0 bridgehead atoms. The molecule has 4 rings (SSSR count). The van der Waals surface area contributed by atoms with Crippen LogP contribution in [0.2, 0.25) is 0 Å². The standard InChI is InChI=1S/C26H25F3N4O3S/c1-3-11-32-20-10-6-8-17(22(20)23(35)33(12-4-2)25(32)36)14-21(34)31-24-30-19(15-37-24)16-7-5-9-18(13-16)26(27,28)29/h5-10,13,15H,3-4,11-12,14H2,1-2H3,(H,30,31,34). The molecular formula is C26H25F3N4O3S. The number of benzene rings is 2. The number of thiazole rings is 1. The number of halogens is 3. The molecule has 37 heavy (non-hydrogen) atoms. The molecule has 7 nitrogen and oxygen atoms in total. The van der Waals surface area contributed by atoms with E-state index >= 15 is 0 Å². The summed E-state index contributed by atoms with van der Waals surface area (Å²) in [6.45, 7) is 4.52. The molecule has 0 saturated carbocycles. The van der Waals surface area contributed by atoms with Gasteiger partial charge >= 0.3 is 11.9 Å². The third-order valence-electron chi connectivity index (χ3n) is 5.82. The Labute approximate surface area is 214 Å². The van der Waals surface area contributed by atoms with Crippen molar-refractivity contribution in [2.45, 2.75) is 52.4 Å². The quantitative estimate of drug-likeness (QED) is 0.335. The Morgan fingerprint density at radius 2 is 1.73 bits per heavy atom. The van der Waals surface area contributed by atoms with Gasteiger partial charge < -0.3 is 5.32 Å². The maximum absolute atomic E-state index is 13.2. The number of nitrogens with one attached hydrogen (secondary N) is 1. The van der Waals surface area contributed by atoms with Gasteiger partial charge in [0.05, 0.1) is 28.6 Å². The number of hydrogen-bond acceptors (Lipinski definition) is 5. The van der Waals surface area contributed by atoms with Crippen molar-refractivity contribution in [1.82, 2.24) is 14.1 Å². The van der Waals surface area contributed by atoms with Crippen molar-refractivity contribution in [2.75, 3.05) is 5.32 Å². The summed E-state index contributed by atoms with van der Waals surface area (Å²) in [5.74, 6) is -0.438. The van der Waals surface area contributed by atoms with Crippen LogP contribution in [-0.4, -0.2) is 20.0 Å². The number of hydrogen-bond donors (Lipinski definition) is 1. The number of nitrogens with zero attached hydrogens (tertiary/aromatic N) is 3. The van der Waals surface area contributed by atoms with E-state index in [0.717, 1.165) is 23.5 Å². The lowest BCUT2D eigenvalue weighted by atomic mass is 10.1. The summed E-state index contributed by atoms with van der Waals surface area (Å²) in [6, 6.07) is 9.90. The van der Waals surface area contributed by atoms with E-state index in [-0.39, 0.29) is 29.4 Å². The Balaban J connectivity index is 1.62. The number of rotatable bonds is 8. The summed E-state index contributed by atoms with van der Waals surface area (Å²) in [5.41, 5.74) is -0.0326. The van der Waals surface area contributed by atoms with Crippen LogP contribution in [0.3, 0.4) is 0 Å². The molecular weight excluding hydrogens is 505 g/mol. The minimum atomic E-state index is -4.47. The molecule has 4 aromatic rings. The van der Waals surface area contributed by atoms with Gasteiger partial charge in [0.25, 0.3) is 5.56 Å². The van der Waals surface area contributed by atoms with Gasteiger partial charge in [-0.05, 0) is 36.6 Å². The molecule has 0 radical (unpaired) electrons. The molecule has 0 fully saturated rings. The number of amides is 1. The molecule has 11 heteroatoms. The average molecular weight is 531 g/mol. The van der Waals surface area contributed by atoms with Crippen molar-refractivity contribution >= 4 is 33.3 Å². The Hall–Kier alpha value is -3.73. The molecule has 0 atom stereocenters. The van der Waals surface area contributed by atoms with E-state index in [1.165, 1.54) is 16.7 Å². The molecule has 0 saturated heterocycles. The molecule has 0 aliphatic carbocycles. The van der Waals surface area contributed by atoms with Gasteiger partial charge in [-0.3, -0.25) is 18.7 Å². The van der Waals surface area contributed by atoms with Crippen molar-refractivity contribution in [1.29, 1.82) is 0 Å². The first-order chi connectivity index (χ1) is 17.6. The van der Waals surface area contributed by atoms with Gasteiger partial charge in [0.15, 0.2) is 5.13 Å². The summed E-state index contributed by atoms with van der Waals surface area (Å²) in [4.78, 5) is 43.3. The molecule has 0 aliphatic rings. The average Bonchev–Trinajstić information content (AvgIpc) is 3.32. The summed E-state index contributed by atoms with van der Waals surface area (Å²) >= 11 is 1.09. The molecule has 2 heterocycles. The number of fused-ring (bicyclic) bond motifs is 1. The minimum Gasteiger partial charge on any atom is -0.302 e. The first kappa shape index (κ1) is 26.3. The lowest BCUT2D eigenvalue weighted by molar-refractivity contribution is -0.137. The lowest BCUT2D eigenvalue weighted by Crippen LogP contribution is -2.40. The number of alkyl halides is 3. The second-order valence-corrected chi connectivity index (χ2v) is 9.40. The fourth-order valence-corrected chi connectivity index (χ4v) is 4.93. The largest absolute Gasteiger partial charge is 0.416 e. The smallest absolute Gasteiger partial charge is 0.302 e. The van der Waals surface area contributed by atoms with E-state index in [0.29, 0.717) is 41.5 Å². The molecule has 0 unspecified atom stereocenters. The van der Waals surface area contributed by atoms with Crippen LogP contribution < -0.4 is 16.6 Å². The fraction of sp³-hybridized carbons (Fsp3) is 0.308. The molecule has 2 aromatic heterocycles. The zero-order chi connectivity index (χ0) is 26.7. The third kappa shape index (κ3) is 5.51. The molecule has 1 N–H and O–H groups in total. The van der Waals surface area contributed by atoms with E-state index in [9.17, 15) is 27.6 Å². The number of aromatic nitrogens is 3. The van der Waals surface area contributed by atoms with Crippen LogP contribution in [0.4, 0.5) is 18.3 Å². The Bertz CT molecular complexity index is 1570. The SMILES string of the molecule is CCCn1c(=O)c2c(CC(=O)Nc3nc(-c4cccc(C(F)(F)F)c4)cs3)cccc2n(CCC)c1=O. The van der Waals surface area contributed by atoms with Crippen LogP contribution in [0, 0.1) is 0 Å². The summed E-state index contributed by atoms with van der Waals surface area (Å²) in [6.07, 6.45) is -3.31. The second kappa shape index (κ2) is 10.7. The van der Waals surface area contributed by atoms with Gasteiger partial charge in [0.2, 0.25) is 5.91 Å².